The van der Waals surface area contributed by atoms with Gasteiger partial charge >= 0.3 is 5.97 Å². The van der Waals surface area contributed by atoms with Gasteiger partial charge in [-0.05, 0) is 54.7 Å². The molecule has 1 heterocycles. The smallest absolute Gasteiger partial charge is 0.336 e. The molecule has 1 amide bonds. The zero-order valence-corrected chi connectivity index (χ0v) is 23.4. The maximum Gasteiger partial charge on any atom is 0.336 e. The van der Waals surface area contributed by atoms with Crippen LogP contribution in [0.25, 0.3) is 16.6 Å². The van der Waals surface area contributed by atoms with E-state index in [2.05, 4.69) is 24.1 Å². The number of hydrogen-bond donors (Lipinski definition) is 3. The lowest BCUT2D eigenvalue weighted by molar-refractivity contribution is 0.0694. The molecule has 3 aromatic carbocycles. The lowest BCUT2D eigenvalue weighted by atomic mass is 9.69. The molecule has 1 aliphatic carbocycles. The molecule has 0 radical (unpaired) electrons. The van der Waals surface area contributed by atoms with E-state index in [9.17, 15) is 14.7 Å². The SMILES string of the molecule is CC(C)CC(NC(=O)c1ccc(C2(C)C(c3nc4ccccc4[nH]3)=CC=C[C@@H]2Cl)c(C(=O)O)c1)c1ccccc1. The highest BCUT2D eigenvalue weighted by atomic mass is 35.5. The molecule has 1 aromatic heterocycles. The third kappa shape index (κ3) is 5.19. The number of benzene rings is 3. The molecule has 0 spiro atoms. The third-order valence-corrected chi connectivity index (χ3v) is 8.17. The van der Waals surface area contributed by atoms with Crippen LogP contribution in [0.3, 0.4) is 0 Å². The molecule has 0 bridgehead atoms. The van der Waals surface area contributed by atoms with Crippen LogP contribution in [-0.2, 0) is 5.41 Å². The van der Waals surface area contributed by atoms with Crippen LogP contribution in [0.1, 0.15) is 70.9 Å². The summed E-state index contributed by atoms with van der Waals surface area (Å²) < 4.78 is 0. The fraction of sp³-hybridized carbons (Fsp3) is 0.242. The number of imidazole rings is 1. The number of H-pyrrole nitrogens is 1. The van der Waals surface area contributed by atoms with Crippen molar-refractivity contribution in [2.24, 2.45) is 5.92 Å². The molecular weight excluding hydrogens is 522 g/mol. The van der Waals surface area contributed by atoms with Crippen LogP contribution < -0.4 is 5.32 Å². The fourth-order valence-electron chi connectivity index (χ4n) is 5.45. The molecule has 4 aromatic rings. The first kappa shape index (κ1) is 27.4. The van der Waals surface area contributed by atoms with Gasteiger partial charge in [-0.1, -0.05) is 80.6 Å². The van der Waals surface area contributed by atoms with Crippen molar-refractivity contribution in [2.45, 2.75) is 44.0 Å². The summed E-state index contributed by atoms with van der Waals surface area (Å²) in [5.41, 5.74) is 3.34. The van der Waals surface area contributed by atoms with E-state index < -0.39 is 16.8 Å². The van der Waals surface area contributed by atoms with Crippen LogP contribution in [0.2, 0.25) is 0 Å². The van der Waals surface area contributed by atoms with Gasteiger partial charge in [0.1, 0.15) is 5.82 Å². The van der Waals surface area contributed by atoms with Crippen LogP contribution in [0.15, 0.2) is 91.0 Å². The van der Waals surface area contributed by atoms with E-state index in [0.717, 1.165) is 28.6 Å². The summed E-state index contributed by atoms with van der Waals surface area (Å²) in [6.45, 7) is 6.13. The van der Waals surface area contributed by atoms with Crippen molar-refractivity contribution in [3.63, 3.8) is 0 Å². The zero-order chi connectivity index (χ0) is 28.4. The van der Waals surface area contributed by atoms with Crippen molar-refractivity contribution in [3.05, 3.63) is 119 Å². The predicted molar refractivity (Wildman–Crippen MR) is 160 cm³/mol. The normalized spacial score (nSPS) is 19.4. The van der Waals surface area contributed by atoms with Gasteiger partial charge in [-0.2, -0.15) is 0 Å². The van der Waals surface area contributed by atoms with Gasteiger partial charge in [0.05, 0.1) is 28.0 Å². The minimum absolute atomic E-state index is 0.0261. The van der Waals surface area contributed by atoms with E-state index in [1.165, 1.54) is 6.07 Å². The number of halogens is 1. The number of para-hydroxylation sites is 2. The molecule has 40 heavy (non-hydrogen) atoms. The second-order valence-electron chi connectivity index (χ2n) is 10.8. The number of fused-ring (bicyclic) bond motifs is 1. The van der Waals surface area contributed by atoms with Gasteiger partial charge < -0.3 is 15.4 Å². The van der Waals surface area contributed by atoms with Gasteiger partial charge in [0.15, 0.2) is 0 Å². The summed E-state index contributed by atoms with van der Waals surface area (Å²) in [5.74, 6) is -0.482. The van der Waals surface area contributed by atoms with E-state index in [1.54, 1.807) is 12.1 Å². The molecule has 3 N–H and O–H groups in total. The molecule has 0 fully saturated rings. The molecule has 6 nitrogen and oxygen atoms in total. The number of rotatable bonds is 8. The monoisotopic (exact) mass is 553 g/mol. The summed E-state index contributed by atoms with van der Waals surface area (Å²) in [6.07, 6.45) is 6.38. The van der Waals surface area contributed by atoms with E-state index >= 15 is 0 Å². The number of nitrogens with one attached hydrogen (secondary N) is 2. The Bertz CT molecular complexity index is 1590. The Kier molecular flexibility index (Phi) is 7.63. The number of aromatic amines is 1. The molecular formula is C33H32ClN3O3. The van der Waals surface area contributed by atoms with E-state index in [1.807, 2.05) is 79.7 Å². The molecule has 0 saturated heterocycles. The number of carboxylic acid groups (broad SMARTS) is 1. The number of alkyl halides is 1. The number of aromatic nitrogens is 2. The number of hydrogen-bond acceptors (Lipinski definition) is 3. The Balaban J connectivity index is 1.53. The Labute approximate surface area is 238 Å². The Morgan fingerprint density at radius 1 is 1.07 bits per heavy atom. The predicted octanol–water partition coefficient (Wildman–Crippen LogP) is 7.30. The highest BCUT2D eigenvalue weighted by Gasteiger charge is 2.43. The summed E-state index contributed by atoms with van der Waals surface area (Å²) in [6, 6.07) is 22.2. The van der Waals surface area contributed by atoms with Gasteiger partial charge in [0.2, 0.25) is 0 Å². The van der Waals surface area contributed by atoms with Crippen LogP contribution >= 0.6 is 11.6 Å². The van der Waals surface area contributed by atoms with Crippen LogP contribution in [-0.4, -0.2) is 32.3 Å². The molecule has 2 unspecified atom stereocenters. The first-order valence-corrected chi connectivity index (χ1v) is 13.8. The number of carbonyl (C=O) groups excluding carboxylic acids is 1. The quantitative estimate of drug-likeness (QED) is 0.199. The Morgan fingerprint density at radius 3 is 2.50 bits per heavy atom. The highest BCUT2D eigenvalue weighted by Crippen LogP contribution is 2.47. The van der Waals surface area contributed by atoms with Crippen molar-refractivity contribution in [1.29, 1.82) is 0 Å². The van der Waals surface area contributed by atoms with E-state index in [-0.39, 0.29) is 23.1 Å². The topological polar surface area (TPSA) is 95.1 Å². The largest absolute Gasteiger partial charge is 0.478 e. The average molecular weight is 554 g/mol. The molecule has 0 aliphatic heterocycles. The number of allylic oxidation sites excluding steroid dienone is 4. The van der Waals surface area contributed by atoms with Gasteiger partial charge in [-0.3, -0.25) is 4.79 Å². The molecule has 0 saturated carbocycles. The minimum atomic E-state index is -1.13. The lowest BCUT2D eigenvalue weighted by Crippen LogP contribution is -2.37. The van der Waals surface area contributed by atoms with E-state index in [4.69, 9.17) is 16.6 Å². The Morgan fingerprint density at radius 2 is 1.80 bits per heavy atom. The molecule has 204 valence electrons. The van der Waals surface area contributed by atoms with E-state index in [0.29, 0.717) is 17.3 Å². The van der Waals surface area contributed by atoms with Gasteiger partial charge in [-0.15, -0.1) is 11.6 Å². The van der Waals surface area contributed by atoms with Crippen LogP contribution in [0.4, 0.5) is 0 Å². The summed E-state index contributed by atoms with van der Waals surface area (Å²) in [7, 11) is 0. The number of aromatic carboxylic acids is 1. The van der Waals surface area contributed by atoms with Crippen molar-refractivity contribution in [1.82, 2.24) is 15.3 Å². The highest BCUT2D eigenvalue weighted by molar-refractivity contribution is 6.24. The zero-order valence-electron chi connectivity index (χ0n) is 22.7. The fourth-order valence-corrected chi connectivity index (χ4v) is 5.77. The maximum absolute atomic E-state index is 13.4. The second-order valence-corrected chi connectivity index (χ2v) is 11.3. The molecule has 1 aliphatic rings. The van der Waals surface area contributed by atoms with Crippen molar-refractivity contribution in [3.8, 4) is 0 Å². The lowest BCUT2D eigenvalue weighted by Gasteiger charge is -2.38. The summed E-state index contributed by atoms with van der Waals surface area (Å²) >= 11 is 6.92. The van der Waals surface area contributed by atoms with Gasteiger partial charge in [0.25, 0.3) is 5.91 Å². The van der Waals surface area contributed by atoms with Crippen LogP contribution in [0.5, 0.6) is 0 Å². The first-order valence-electron chi connectivity index (χ1n) is 13.4. The second kappa shape index (κ2) is 11.1. The standard InChI is InChI=1S/C33H32ClN3O3/c1-20(2)18-28(21-10-5-4-6-11-21)37-31(38)22-16-17-24(23(19-22)32(39)40)33(3)25(12-9-15-29(33)34)30-35-26-13-7-8-14-27(26)36-30/h4-17,19-20,28-29H,18H2,1-3H3,(H,35,36)(H,37,38)(H,39,40)/t28?,29-,33?/m0/s1. The number of nitrogens with zero attached hydrogens (tertiary/aromatic N) is 1. The van der Waals surface area contributed by atoms with Gasteiger partial charge in [0, 0.05) is 16.6 Å². The average Bonchev–Trinajstić information content (AvgIpc) is 3.38. The Hall–Kier alpha value is -4.16. The first-order chi connectivity index (χ1) is 19.2. The molecule has 3 atom stereocenters. The minimum Gasteiger partial charge on any atom is -0.478 e. The summed E-state index contributed by atoms with van der Waals surface area (Å²) in [5, 5.41) is 12.9. The molecule has 7 heteroatoms. The van der Waals surface area contributed by atoms with Crippen LogP contribution in [0, 0.1) is 5.92 Å². The van der Waals surface area contributed by atoms with Crippen molar-refractivity contribution < 1.29 is 14.7 Å². The number of carboxylic acids is 1. The number of amides is 1. The van der Waals surface area contributed by atoms with Crippen molar-refractivity contribution in [2.75, 3.05) is 0 Å². The van der Waals surface area contributed by atoms with Crippen molar-refractivity contribution >= 4 is 40.1 Å². The molecule has 5 rings (SSSR count). The third-order valence-electron chi connectivity index (χ3n) is 7.58. The van der Waals surface area contributed by atoms with Gasteiger partial charge in [-0.25, -0.2) is 9.78 Å². The maximum atomic E-state index is 13.4. The number of carbonyl (C=O) groups is 2. The summed E-state index contributed by atoms with van der Waals surface area (Å²) in [4.78, 5) is 34.2.